The third-order valence-electron chi connectivity index (χ3n) is 1.98. The molecule has 0 atom stereocenters. The Hall–Kier alpha value is -0.710. The third kappa shape index (κ3) is 6.00. The molecule has 0 aromatic carbocycles. The molecule has 0 saturated heterocycles. The minimum absolute atomic E-state index is 0.731. The molecule has 0 aliphatic heterocycles. The summed E-state index contributed by atoms with van der Waals surface area (Å²) in [7, 11) is 0. The van der Waals surface area contributed by atoms with E-state index in [1.165, 1.54) is 5.56 Å². The smallest absolute Gasteiger partial charge is 0.0591 e. The zero-order valence-corrected chi connectivity index (χ0v) is 10.9. The lowest BCUT2D eigenvalue weighted by Crippen LogP contribution is -2.19. The first kappa shape index (κ1) is 13.4. The molecule has 0 saturated carbocycles. The van der Waals surface area contributed by atoms with Gasteiger partial charge in [-0.25, -0.2) is 0 Å². The van der Waals surface area contributed by atoms with Gasteiger partial charge in [-0.3, -0.25) is 4.98 Å². The van der Waals surface area contributed by atoms with Crippen LogP contribution < -0.4 is 5.32 Å². The van der Waals surface area contributed by atoms with Crippen LogP contribution in [0, 0.1) is 0 Å². The maximum atomic E-state index is 5.38. The monoisotopic (exact) mass is 284 g/mol. The average molecular weight is 285 g/mol. The molecule has 4 heteroatoms. The highest BCUT2D eigenvalue weighted by Gasteiger charge is 1.94. The molecule has 0 radical (unpaired) electrons. The van der Waals surface area contributed by atoms with Crippen LogP contribution >= 0.6 is 15.9 Å². The molecule has 1 aromatic heterocycles. The Morgan fingerprint density at radius 3 is 3.06 bits per heavy atom. The van der Waals surface area contributed by atoms with Gasteiger partial charge in [-0.05, 0) is 34.0 Å². The average Bonchev–Trinajstić information content (AvgIpc) is 2.28. The quantitative estimate of drug-likeness (QED) is 0.588. The summed E-state index contributed by atoms with van der Waals surface area (Å²) < 4.78 is 6.39. The van der Waals surface area contributed by atoms with Crippen LogP contribution in [0.3, 0.4) is 0 Å². The van der Waals surface area contributed by atoms with Crippen molar-refractivity contribution in [1.29, 1.82) is 0 Å². The molecule has 1 aromatic rings. The predicted molar refractivity (Wildman–Crippen MR) is 69.3 cm³/mol. The maximum absolute atomic E-state index is 5.38. The van der Waals surface area contributed by atoms with E-state index in [0.717, 1.165) is 37.2 Å². The molecule has 0 bridgehead atoms. The number of hydrogen-bond donors (Lipinski definition) is 1. The van der Waals surface area contributed by atoms with E-state index in [1.807, 2.05) is 12.3 Å². The van der Waals surface area contributed by atoms with Crippen LogP contribution in [0.1, 0.15) is 12.0 Å². The Morgan fingerprint density at radius 1 is 1.44 bits per heavy atom. The van der Waals surface area contributed by atoms with Crippen LogP contribution in [-0.2, 0) is 11.3 Å². The lowest BCUT2D eigenvalue weighted by molar-refractivity contribution is 0.140. The van der Waals surface area contributed by atoms with Gasteiger partial charge in [-0.2, -0.15) is 0 Å². The zero-order valence-electron chi connectivity index (χ0n) is 9.29. The van der Waals surface area contributed by atoms with Crippen LogP contribution in [0.15, 0.2) is 35.6 Å². The fraction of sp³-hybridized carbons (Fsp3) is 0.417. The van der Waals surface area contributed by atoms with E-state index in [2.05, 4.69) is 38.9 Å². The SMILES string of the molecule is C=CCCOCCNCc1cncc(Br)c1. The lowest BCUT2D eigenvalue weighted by atomic mass is 10.3. The molecular weight excluding hydrogens is 268 g/mol. The van der Waals surface area contributed by atoms with Crippen molar-refractivity contribution < 1.29 is 4.74 Å². The standard InChI is InChI=1S/C12H17BrN2O/c1-2-3-5-16-6-4-14-8-11-7-12(13)10-15-9-11/h2,7,9-10,14H,1,3-6,8H2. The summed E-state index contributed by atoms with van der Waals surface area (Å²) in [6.45, 7) is 6.79. The van der Waals surface area contributed by atoms with Crippen molar-refractivity contribution in [2.24, 2.45) is 0 Å². The normalized spacial score (nSPS) is 10.3. The van der Waals surface area contributed by atoms with Crippen molar-refractivity contribution in [2.75, 3.05) is 19.8 Å². The number of aromatic nitrogens is 1. The second-order valence-corrected chi connectivity index (χ2v) is 4.29. The molecule has 16 heavy (non-hydrogen) atoms. The van der Waals surface area contributed by atoms with Gasteiger partial charge in [0.1, 0.15) is 0 Å². The summed E-state index contributed by atoms with van der Waals surface area (Å²) >= 11 is 3.39. The van der Waals surface area contributed by atoms with E-state index < -0.39 is 0 Å². The molecule has 88 valence electrons. The Bertz CT molecular complexity index is 318. The highest BCUT2D eigenvalue weighted by Crippen LogP contribution is 2.08. The molecule has 1 heterocycles. The van der Waals surface area contributed by atoms with E-state index in [9.17, 15) is 0 Å². The first-order valence-electron chi connectivity index (χ1n) is 5.31. The van der Waals surface area contributed by atoms with Gasteiger partial charge in [0, 0.05) is 30.0 Å². The van der Waals surface area contributed by atoms with Crippen molar-refractivity contribution >= 4 is 15.9 Å². The van der Waals surface area contributed by atoms with Gasteiger partial charge in [-0.15, -0.1) is 6.58 Å². The van der Waals surface area contributed by atoms with Crippen molar-refractivity contribution in [3.05, 3.63) is 41.2 Å². The molecule has 0 unspecified atom stereocenters. The zero-order chi connectivity index (χ0) is 11.6. The number of nitrogens with one attached hydrogen (secondary N) is 1. The fourth-order valence-corrected chi connectivity index (χ4v) is 1.61. The lowest BCUT2D eigenvalue weighted by Gasteiger charge is -2.05. The molecule has 3 nitrogen and oxygen atoms in total. The first-order valence-corrected chi connectivity index (χ1v) is 6.11. The minimum Gasteiger partial charge on any atom is -0.380 e. The van der Waals surface area contributed by atoms with Gasteiger partial charge < -0.3 is 10.1 Å². The van der Waals surface area contributed by atoms with Gasteiger partial charge in [0.05, 0.1) is 13.2 Å². The van der Waals surface area contributed by atoms with Crippen molar-refractivity contribution in [2.45, 2.75) is 13.0 Å². The van der Waals surface area contributed by atoms with E-state index in [4.69, 9.17) is 4.74 Å². The van der Waals surface area contributed by atoms with E-state index >= 15 is 0 Å². The first-order chi connectivity index (χ1) is 7.83. The number of hydrogen-bond acceptors (Lipinski definition) is 3. The second-order valence-electron chi connectivity index (χ2n) is 3.38. The summed E-state index contributed by atoms with van der Waals surface area (Å²) in [5, 5.41) is 3.29. The predicted octanol–water partition coefficient (Wildman–Crippen LogP) is 2.53. The molecular formula is C12H17BrN2O. The molecule has 0 fully saturated rings. The topological polar surface area (TPSA) is 34.1 Å². The molecule has 0 spiro atoms. The van der Waals surface area contributed by atoms with E-state index in [1.54, 1.807) is 6.20 Å². The highest BCUT2D eigenvalue weighted by molar-refractivity contribution is 9.10. The van der Waals surface area contributed by atoms with Crippen LogP contribution in [0.4, 0.5) is 0 Å². The number of nitrogens with zero attached hydrogens (tertiary/aromatic N) is 1. The van der Waals surface area contributed by atoms with E-state index in [-0.39, 0.29) is 0 Å². The number of pyridine rings is 1. The number of rotatable bonds is 8. The Labute approximate surface area is 105 Å². The van der Waals surface area contributed by atoms with Crippen molar-refractivity contribution in [3.8, 4) is 0 Å². The van der Waals surface area contributed by atoms with Gasteiger partial charge >= 0.3 is 0 Å². The molecule has 0 aliphatic carbocycles. The van der Waals surface area contributed by atoms with Crippen LogP contribution in [0.2, 0.25) is 0 Å². The second kappa shape index (κ2) is 8.44. The summed E-state index contributed by atoms with van der Waals surface area (Å²) in [5.74, 6) is 0. The Balaban J connectivity index is 2.05. The van der Waals surface area contributed by atoms with Crippen molar-refractivity contribution in [1.82, 2.24) is 10.3 Å². The van der Waals surface area contributed by atoms with Crippen molar-refractivity contribution in [3.63, 3.8) is 0 Å². The highest BCUT2D eigenvalue weighted by atomic mass is 79.9. The van der Waals surface area contributed by atoms with Gasteiger partial charge in [0.15, 0.2) is 0 Å². The summed E-state index contributed by atoms with van der Waals surface area (Å²) in [6.07, 6.45) is 6.41. The Morgan fingerprint density at radius 2 is 2.31 bits per heavy atom. The summed E-state index contributed by atoms with van der Waals surface area (Å²) in [5.41, 5.74) is 1.17. The molecule has 1 rings (SSSR count). The largest absolute Gasteiger partial charge is 0.380 e. The van der Waals surface area contributed by atoms with Gasteiger partial charge in [0.2, 0.25) is 0 Å². The molecule has 0 aliphatic rings. The summed E-state index contributed by atoms with van der Waals surface area (Å²) in [4.78, 5) is 4.09. The number of halogens is 1. The summed E-state index contributed by atoms with van der Waals surface area (Å²) in [6, 6.07) is 2.05. The van der Waals surface area contributed by atoms with Crippen LogP contribution in [0.5, 0.6) is 0 Å². The number of ether oxygens (including phenoxy) is 1. The van der Waals surface area contributed by atoms with Gasteiger partial charge in [0.25, 0.3) is 0 Å². The van der Waals surface area contributed by atoms with Gasteiger partial charge in [-0.1, -0.05) is 6.08 Å². The van der Waals surface area contributed by atoms with E-state index in [0.29, 0.717) is 0 Å². The fourth-order valence-electron chi connectivity index (χ4n) is 1.20. The molecule has 0 amide bonds. The van der Waals surface area contributed by atoms with Crippen LogP contribution in [0.25, 0.3) is 0 Å². The minimum atomic E-state index is 0.731. The van der Waals surface area contributed by atoms with Crippen LogP contribution in [-0.4, -0.2) is 24.7 Å². The Kier molecular flexibility index (Phi) is 7.05. The third-order valence-corrected chi connectivity index (χ3v) is 2.41. The maximum Gasteiger partial charge on any atom is 0.0591 e. The molecule has 1 N–H and O–H groups in total.